The van der Waals surface area contributed by atoms with E-state index < -0.39 is 17.6 Å². The number of aromatic nitrogens is 4. The number of carbonyl (C=O) groups is 3. The van der Waals surface area contributed by atoms with Crippen molar-refractivity contribution in [3.05, 3.63) is 30.4 Å². The molecule has 2 amide bonds. The average Bonchev–Trinajstić information content (AvgIpc) is 3.53. The van der Waals surface area contributed by atoms with Gasteiger partial charge in [0.1, 0.15) is 11.7 Å². The van der Waals surface area contributed by atoms with Gasteiger partial charge in [-0.3, -0.25) is 19.0 Å². The van der Waals surface area contributed by atoms with E-state index in [1.165, 1.54) is 10.9 Å². The molecule has 1 atom stereocenters. The maximum absolute atomic E-state index is 13.4. The second-order valence-corrected chi connectivity index (χ2v) is 9.75. The summed E-state index contributed by atoms with van der Waals surface area (Å²) in [5.41, 5.74) is -0.312. The zero-order valence-corrected chi connectivity index (χ0v) is 20.4. The molecule has 11 heteroatoms. The van der Waals surface area contributed by atoms with Gasteiger partial charge in [0.05, 0.1) is 11.9 Å². The van der Waals surface area contributed by atoms with Crippen LogP contribution >= 0.6 is 0 Å². The van der Waals surface area contributed by atoms with Gasteiger partial charge >= 0.3 is 5.97 Å². The highest BCUT2D eigenvalue weighted by Crippen LogP contribution is 2.32. The van der Waals surface area contributed by atoms with E-state index in [-0.39, 0.29) is 17.7 Å². The van der Waals surface area contributed by atoms with E-state index in [2.05, 4.69) is 33.1 Å². The third kappa shape index (κ3) is 5.24. The second kappa shape index (κ2) is 10.6. The van der Waals surface area contributed by atoms with Gasteiger partial charge in [-0.25, -0.2) is 4.79 Å². The number of nitrogens with zero attached hydrogens (tertiary/aromatic N) is 4. The SMILES string of the molecule is CCn1nccc1C(=O)N[C@H](C(=O)Nc1cnn(C2(C(=O)O)CCNCC2)c1)C1CCC(C)CC1. The van der Waals surface area contributed by atoms with E-state index >= 15 is 0 Å². The van der Waals surface area contributed by atoms with Gasteiger partial charge < -0.3 is 21.1 Å². The average molecular weight is 486 g/mol. The van der Waals surface area contributed by atoms with Crippen molar-refractivity contribution < 1.29 is 19.5 Å². The molecule has 4 N–H and O–H groups in total. The third-order valence-electron chi connectivity index (χ3n) is 7.47. The Bertz CT molecular complexity index is 1050. The highest BCUT2D eigenvalue weighted by Gasteiger charge is 2.42. The number of anilines is 1. The molecular weight excluding hydrogens is 450 g/mol. The Morgan fingerprint density at radius 1 is 1.20 bits per heavy atom. The number of carboxylic acids is 1. The quantitative estimate of drug-likeness (QED) is 0.447. The maximum atomic E-state index is 13.4. The predicted molar refractivity (Wildman–Crippen MR) is 129 cm³/mol. The van der Waals surface area contributed by atoms with Crippen LogP contribution in [-0.4, -0.2) is 61.6 Å². The molecular formula is C24H35N7O4. The first-order chi connectivity index (χ1) is 16.8. The van der Waals surface area contributed by atoms with Crippen molar-refractivity contribution in [2.75, 3.05) is 18.4 Å². The lowest BCUT2D eigenvalue weighted by Gasteiger charge is -2.33. The Balaban J connectivity index is 1.52. The van der Waals surface area contributed by atoms with Crippen molar-refractivity contribution in [2.24, 2.45) is 11.8 Å². The number of nitrogens with one attached hydrogen (secondary N) is 3. The number of amides is 2. The number of aryl methyl sites for hydroxylation is 1. The minimum atomic E-state index is -1.14. The summed E-state index contributed by atoms with van der Waals surface area (Å²) in [5, 5.41) is 27.4. The van der Waals surface area contributed by atoms with Crippen LogP contribution in [0.4, 0.5) is 5.69 Å². The Morgan fingerprint density at radius 3 is 2.57 bits per heavy atom. The van der Waals surface area contributed by atoms with E-state index in [4.69, 9.17) is 0 Å². The van der Waals surface area contributed by atoms with Crippen LogP contribution in [0.1, 0.15) is 62.9 Å². The fourth-order valence-corrected chi connectivity index (χ4v) is 5.23. The van der Waals surface area contributed by atoms with Gasteiger partial charge in [-0.1, -0.05) is 19.8 Å². The van der Waals surface area contributed by atoms with E-state index in [1.54, 1.807) is 23.1 Å². The Hall–Kier alpha value is -3.21. The zero-order valence-electron chi connectivity index (χ0n) is 20.4. The number of hydrogen-bond acceptors (Lipinski definition) is 6. The summed E-state index contributed by atoms with van der Waals surface area (Å²) < 4.78 is 3.04. The highest BCUT2D eigenvalue weighted by molar-refractivity contribution is 6.00. The summed E-state index contributed by atoms with van der Waals surface area (Å²) in [5.74, 6) is -0.984. The van der Waals surface area contributed by atoms with E-state index in [0.717, 1.165) is 25.7 Å². The van der Waals surface area contributed by atoms with Crippen LogP contribution in [0, 0.1) is 11.8 Å². The van der Waals surface area contributed by atoms with Gasteiger partial charge in [-0.2, -0.15) is 10.2 Å². The molecule has 35 heavy (non-hydrogen) atoms. The van der Waals surface area contributed by atoms with Crippen LogP contribution in [0.3, 0.4) is 0 Å². The topological polar surface area (TPSA) is 143 Å². The first-order valence-corrected chi connectivity index (χ1v) is 12.5. The monoisotopic (exact) mass is 485 g/mol. The largest absolute Gasteiger partial charge is 0.479 e. The van der Waals surface area contributed by atoms with Gasteiger partial charge in [0.25, 0.3) is 5.91 Å². The molecule has 2 aromatic rings. The van der Waals surface area contributed by atoms with Gasteiger partial charge in [-0.05, 0) is 63.6 Å². The third-order valence-corrected chi connectivity index (χ3v) is 7.47. The summed E-state index contributed by atoms with van der Waals surface area (Å²) in [6.45, 7) is 5.82. The number of aliphatic carboxylic acids is 1. The number of rotatable bonds is 8. The van der Waals surface area contributed by atoms with Gasteiger partial charge in [0.15, 0.2) is 5.54 Å². The maximum Gasteiger partial charge on any atom is 0.331 e. The normalized spacial score (nSPS) is 22.8. The number of piperidine rings is 1. The van der Waals surface area contributed by atoms with Crippen LogP contribution in [0.25, 0.3) is 0 Å². The molecule has 11 nitrogen and oxygen atoms in total. The van der Waals surface area contributed by atoms with Crippen LogP contribution in [0.15, 0.2) is 24.7 Å². The Morgan fingerprint density at radius 2 is 1.91 bits per heavy atom. The molecule has 2 aromatic heterocycles. The van der Waals surface area contributed by atoms with Crippen molar-refractivity contribution in [3.63, 3.8) is 0 Å². The molecule has 4 rings (SSSR count). The molecule has 0 aromatic carbocycles. The van der Waals surface area contributed by atoms with Crippen molar-refractivity contribution in [1.29, 1.82) is 0 Å². The zero-order chi connectivity index (χ0) is 25.0. The summed E-state index contributed by atoms with van der Waals surface area (Å²) in [7, 11) is 0. The van der Waals surface area contributed by atoms with Crippen LogP contribution in [-0.2, 0) is 21.7 Å². The van der Waals surface area contributed by atoms with Gasteiger partial charge in [-0.15, -0.1) is 0 Å². The van der Waals surface area contributed by atoms with Crippen molar-refractivity contribution in [3.8, 4) is 0 Å². The Labute approximate surface area is 204 Å². The highest BCUT2D eigenvalue weighted by atomic mass is 16.4. The fraction of sp³-hybridized carbons (Fsp3) is 0.625. The van der Waals surface area contributed by atoms with Crippen molar-refractivity contribution in [2.45, 2.75) is 70.5 Å². The second-order valence-electron chi connectivity index (χ2n) is 9.75. The molecule has 3 heterocycles. The van der Waals surface area contributed by atoms with E-state index in [0.29, 0.717) is 49.8 Å². The number of carboxylic acid groups (broad SMARTS) is 1. The molecule has 0 bridgehead atoms. The standard InChI is InChI=1S/C24H35N7O4/c1-3-30-19(8-11-26-30)21(32)29-20(17-6-4-16(2)5-7-17)22(33)28-18-14-27-31(15-18)24(23(34)35)9-12-25-13-10-24/h8,11,14-17,20,25H,3-7,9-10,12-13H2,1-2H3,(H,28,33)(H,29,32)(H,34,35)/t16?,17?,20-/m0/s1. The molecule has 190 valence electrons. The Kier molecular flexibility index (Phi) is 7.54. The van der Waals surface area contributed by atoms with E-state index in [9.17, 15) is 19.5 Å². The minimum Gasteiger partial charge on any atom is -0.479 e. The first kappa shape index (κ1) is 24.9. The molecule has 0 unspecified atom stereocenters. The van der Waals surface area contributed by atoms with Crippen molar-refractivity contribution >= 4 is 23.5 Å². The van der Waals surface area contributed by atoms with E-state index in [1.807, 2.05) is 6.92 Å². The van der Waals surface area contributed by atoms with Gasteiger partial charge in [0.2, 0.25) is 5.91 Å². The first-order valence-electron chi connectivity index (χ1n) is 12.5. The van der Waals surface area contributed by atoms with Crippen LogP contribution < -0.4 is 16.0 Å². The molecule has 1 aliphatic heterocycles. The molecule has 1 saturated carbocycles. The van der Waals surface area contributed by atoms with Crippen LogP contribution in [0.2, 0.25) is 0 Å². The lowest BCUT2D eigenvalue weighted by atomic mass is 9.79. The molecule has 2 fully saturated rings. The number of hydrogen-bond donors (Lipinski definition) is 4. The summed E-state index contributed by atoms with van der Waals surface area (Å²) in [6, 6.07) is 0.927. The molecule has 0 radical (unpaired) electrons. The minimum absolute atomic E-state index is 0.0120. The fourth-order valence-electron chi connectivity index (χ4n) is 5.23. The molecule has 1 saturated heterocycles. The smallest absolute Gasteiger partial charge is 0.331 e. The van der Waals surface area contributed by atoms with Gasteiger partial charge in [0, 0.05) is 18.9 Å². The summed E-state index contributed by atoms with van der Waals surface area (Å²) >= 11 is 0. The lowest BCUT2D eigenvalue weighted by molar-refractivity contribution is -0.149. The summed E-state index contributed by atoms with van der Waals surface area (Å²) in [4.78, 5) is 38.6. The summed E-state index contributed by atoms with van der Waals surface area (Å²) in [6.07, 6.45) is 9.13. The predicted octanol–water partition coefficient (Wildman–Crippen LogP) is 1.83. The number of carbonyl (C=O) groups excluding carboxylic acids is 2. The lowest BCUT2D eigenvalue weighted by Crippen LogP contribution is -2.50. The molecule has 1 aliphatic carbocycles. The molecule has 2 aliphatic rings. The van der Waals surface area contributed by atoms with Crippen molar-refractivity contribution in [1.82, 2.24) is 30.2 Å². The van der Waals surface area contributed by atoms with Crippen LogP contribution in [0.5, 0.6) is 0 Å². The molecule has 0 spiro atoms.